The molecule has 6 heteroatoms. The number of anilines is 1. The number of halogens is 1. The van der Waals surface area contributed by atoms with Crippen LogP contribution in [0.4, 0.5) is 10.2 Å². The van der Waals surface area contributed by atoms with Crippen molar-refractivity contribution in [3.8, 4) is 11.3 Å². The molecular formula is C23H23FN4O. The van der Waals surface area contributed by atoms with E-state index in [1.54, 1.807) is 18.5 Å². The summed E-state index contributed by atoms with van der Waals surface area (Å²) in [7, 11) is 0. The Hall–Kier alpha value is -3.28. The van der Waals surface area contributed by atoms with E-state index < -0.39 is 0 Å². The fraction of sp³-hybridized carbons (Fsp3) is 0.261. The van der Waals surface area contributed by atoms with Crippen LogP contribution in [0.25, 0.3) is 11.3 Å². The van der Waals surface area contributed by atoms with Gasteiger partial charge >= 0.3 is 0 Å². The predicted octanol–water partition coefficient (Wildman–Crippen LogP) is 3.82. The lowest BCUT2D eigenvalue weighted by Gasteiger charge is -2.33. The maximum atomic E-state index is 13.0. The molecule has 0 bridgehead atoms. The van der Waals surface area contributed by atoms with Crippen LogP contribution in [0.2, 0.25) is 0 Å². The molecule has 5 nitrogen and oxygen atoms in total. The fourth-order valence-corrected chi connectivity index (χ4v) is 3.62. The highest BCUT2D eigenvalue weighted by Crippen LogP contribution is 2.25. The van der Waals surface area contributed by atoms with Gasteiger partial charge < -0.3 is 10.2 Å². The van der Waals surface area contributed by atoms with E-state index in [1.165, 1.54) is 12.1 Å². The molecule has 148 valence electrons. The Kier molecular flexibility index (Phi) is 5.79. The molecule has 1 N–H and O–H groups in total. The van der Waals surface area contributed by atoms with Crippen LogP contribution >= 0.6 is 0 Å². The first-order valence-corrected chi connectivity index (χ1v) is 9.83. The van der Waals surface area contributed by atoms with Gasteiger partial charge in [0, 0.05) is 31.3 Å². The van der Waals surface area contributed by atoms with Crippen molar-refractivity contribution in [1.82, 2.24) is 15.3 Å². The third-order valence-electron chi connectivity index (χ3n) is 5.22. The summed E-state index contributed by atoms with van der Waals surface area (Å²) >= 11 is 0. The zero-order valence-corrected chi connectivity index (χ0v) is 16.1. The molecular weight excluding hydrogens is 367 g/mol. The van der Waals surface area contributed by atoms with Gasteiger partial charge in [0.25, 0.3) is 0 Å². The second-order valence-electron chi connectivity index (χ2n) is 7.26. The highest BCUT2D eigenvalue weighted by molar-refractivity contribution is 5.79. The monoisotopic (exact) mass is 390 g/mol. The van der Waals surface area contributed by atoms with Gasteiger partial charge in [0.05, 0.1) is 11.6 Å². The van der Waals surface area contributed by atoms with Crippen molar-refractivity contribution < 1.29 is 9.18 Å². The molecule has 0 aliphatic carbocycles. The summed E-state index contributed by atoms with van der Waals surface area (Å²) in [5.41, 5.74) is 2.80. The number of carbonyl (C=O) groups excluding carboxylic acids is 1. The van der Waals surface area contributed by atoms with Crippen LogP contribution in [0.3, 0.4) is 0 Å². The van der Waals surface area contributed by atoms with E-state index in [9.17, 15) is 9.18 Å². The number of amides is 1. The third kappa shape index (κ3) is 4.77. The Morgan fingerprint density at radius 2 is 1.90 bits per heavy atom. The lowest BCUT2D eigenvalue weighted by atomic mass is 9.97. The molecule has 1 fully saturated rings. The number of nitrogens with zero attached hydrogens (tertiary/aromatic N) is 3. The Bertz CT molecular complexity index is 962. The molecule has 29 heavy (non-hydrogen) atoms. The van der Waals surface area contributed by atoms with E-state index in [1.807, 2.05) is 36.4 Å². The molecule has 2 aromatic carbocycles. The summed E-state index contributed by atoms with van der Waals surface area (Å²) in [4.78, 5) is 23.6. The molecule has 0 radical (unpaired) electrons. The number of carbonyl (C=O) groups is 1. The van der Waals surface area contributed by atoms with Crippen molar-refractivity contribution in [2.75, 3.05) is 18.0 Å². The summed E-state index contributed by atoms with van der Waals surface area (Å²) < 4.78 is 13.0. The minimum Gasteiger partial charge on any atom is -0.356 e. The van der Waals surface area contributed by atoms with E-state index >= 15 is 0 Å². The predicted molar refractivity (Wildman–Crippen MR) is 111 cm³/mol. The highest BCUT2D eigenvalue weighted by atomic mass is 19.1. The lowest BCUT2D eigenvalue weighted by molar-refractivity contribution is -0.125. The van der Waals surface area contributed by atoms with Gasteiger partial charge in [-0.25, -0.2) is 14.4 Å². The van der Waals surface area contributed by atoms with Crippen molar-refractivity contribution in [3.05, 3.63) is 78.4 Å². The Morgan fingerprint density at radius 3 is 2.69 bits per heavy atom. The minimum atomic E-state index is -0.275. The minimum absolute atomic E-state index is 0.0244. The first-order valence-electron chi connectivity index (χ1n) is 9.83. The number of aromatic nitrogens is 2. The molecule has 0 spiro atoms. The summed E-state index contributed by atoms with van der Waals surface area (Å²) in [6.07, 6.45) is 3.36. The number of hydrogen-bond acceptors (Lipinski definition) is 4. The zero-order chi connectivity index (χ0) is 20.1. The van der Waals surface area contributed by atoms with Crippen LogP contribution in [-0.4, -0.2) is 29.0 Å². The summed E-state index contributed by atoms with van der Waals surface area (Å²) in [5.74, 6) is 0.494. The Balaban J connectivity index is 1.40. The quantitative estimate of drug-likeness (QED) is 0.720. The van der Waals surface area contributed by atoms with Crippen molar-refractivity contribution in [1.29, 1.82) is 0 Å². The Labute approximate surface area is 169 Å². The van der Waals surface area contributed by atoms with Gasteiger partial charge in [-0.15, -0.1) is 0 Å². The fourth-order valence-electron chi connectivity index (χ4n) is 3.62. The number of benzene rings is 2. The number of hydrogen-bond donors (Lipinski definition) is 1. The van der Waals surface area contributed by atoms with Gasteiger partial charge in [-0.3, -0.25) is 4.79 Å². The summed E-state index contributed by atoms with van der Waals surface area (Å²) in [5, 5.41) is 2.98. The number of rotatable bonds is 5. The van der Waals surface area contributed by atoms with Gasteiger partial charge in [0.1, 0.15) is 18.0 Å². The van der Waals surface area contributed by atoms with Gasteiger partial charge in [-0.1, -0.05) is 42.5 Å². The van der Waals surface area contributed by atoms with Crippen LogP contribution in [0.15, 0.2) is 67.0 Å². The SMILES string of the molecule is O=C(NCc1ccc(F)cc1)C1CCCN(c2cc(-c3ccccc3)ncn2)C1. The molecule has 1 aliphatic rings. The standard InChI is InChI=1S/C23H23FN4O/c24-20-10-8-17(9-11-20)14-25-23(29)19-7-4-12-28(15-19)22-13-21(26-16-27-22)18-5-2-1-3-6-18/h1-3,5-6,8-11,13,16,19H,4,7,12,14-15H2,(H,25,29). The average Bonchev–Trinajstić information content (AvgIpc) is 2.79. The zero-order valence-electron chi connectivity index (χ0n) is 16.1. The van der Waals surface area contributed by atoms with Crippen molar-refractivity contribution in [2.24, 2.45) is 5.92 Å². The molecule has 1 saturated heterocycles. The first kappa shape index (κ1) is 19.1. The van der Waals surface area contributed by atoms with Crippen molar-refractivity contribution in [3.63, 3.8) is 0 Å². The molecule has 1 aliphatic heterocycles. The number of nitrogens with one attached hydrogen (secondary N) is 1. The van der Waals surface area contributed by atoms with E-state index in [0.717, 1.165) is 42.0 Å². The van der Waals surface area contributed by atoms with Gasteiger partial charge in [0.2, 0.25) is 5.91 Å². The van der Waals surface area contributed by atoms with Gasteiger partial charge in [-0.05, 0) is 30.5 Å². The molecule has 2 heterocycles. The van der Waals surface area contributed by atoms with Gasteiger partial charge in [-0.2, -0.15) is 0 Å². The van der Waals surface area contributed by atoms with Crippen LogP contribution in [0.1, 0.15) is 18.4 Å². The molecule has 1 amide bonds. The van der Waals surface area contributed by atoms with Crippen LogP contribution in [0.5, 0.6) is 0 Å². The normalized spacial score (nSPS) is 16.4. The lowest BCUT2D eigenvalue weighted by Crippen LogP contribution is -2.43. The second kappa shape index (κ2) is 8.82. The third-order valence-corrected chi connectivity index (χ3v) is 5.22. The highest BCUT2D eigenvalue weighted by Gasteiger charge is 2.26. The smallest absolute Gasteiger partial charge is 0.225 e. The molecule has 1 unspecified atom stereocenters. The topological polar surface area (TPSA) is 58.1 Å². The molecule has 0 saturated carbocycles. The second-order valence-corrected chi connectivity index (χ2v) is 7.26. The van der Waals surface area contributed by atoms with E-state index in [-0.39, 0.29) is 17.6 Å². The average molecular weight is 390 g/mol. The molecule has 4 rings (SSSR count). The maximum absolute atomic E-state index is 13.0. The van der Waals surface area contributed by atoms with Crippen LogP contribution in [-0.2, 0) is 11.3 Å². The van der Waals surface area contributed by atoms with Crippen molar-refractivity contribution >= 4 is 11.7 Å². The Morgan fingerprint density at radius 1 is 1.10 bits per heavy atom. The van der Waals surface area contributed by atoms with E-state index in [4.69, 9.17) is 0 Å². The molecule has 1 atom stereocenters. The van der Waals surface area contributed by atoms with Crippen LogP contribution < -0.4 is 10.2 Å². The summed E-state index contributed by atoms with van der Waals surface area (Å²) in [6, 6.07) is 18.2. The molecule has 1 aromatic heterocycles. The van der Waals surface area contributed by atoms with Crippen molar-refractivity contribution in [2.45, 2.75) is 19.4 Å². The van der Waals surface area contributed by atoms with E-state index in [2.05, 4.69) is 20.2 Å². The maximum Gasteiger partial charge on any atom is 0.225 e. The largest absolute Gasteiger partial charge is 0.356 e. The van der Waals surface area contributed by atoms with Gasteiger partial charge in [0.15, 0.2) is 0 Å². The number of piperidine rings is 1. The van der Waals surface area contributed by atoms with Crippen LogP contribution in [0, 0.1) is 11.7 Å². The molecule has 3 aromatic rings. The van der Waals surface area contributed by atoms with E-state index in [0.29, 0.717) is 13.1 Å². The summed E-state index contributed by atoms with van der Waals surface area (Å²) in [6.45, 7) is 1.90. The first-order chi connectivity index (χ1) is 14.2.